The van der Waals surface area contributed by atoms with E-state index >= 15 is 0 Å². The molecule has 0 radical (unpaired) electrons. The number of aryl methyl sites for hydroxylation is 2. The molecule has 55 heavy (non-hydrogen) atoms. The number of anilines is 3. The van der Waals surface area contributed by atoms with Crippen molar-refractivity contribution in [2.75, 3.05) is 55.1 Å². The molecule has 1 unspecified atom stereocenters. The number of rotatable bonds is 14. The molecule has 0 spiro atoms. The van der Waals surface area contributed by atoms with Gasteiger partial charge in [0, 0.05) is 29.1 Å². The molecular formula is C39H38N6O9S. The Kier molecular flexibility index (Phi) is 10.9. The Balaban J connectivity index is 0.848. The number of nitrogens with one attached hydrogen (secondary N) is 3. The van der Waals surface area contributed by atoms with E-state index in [0.29, 0.717) is 36.3 Å². The van der Waals surface area contributed by atoms with Gasteiger partial charge in [-0.2, -0.15) is 0 Å². The van der Waals surface area contributed by atoms with Crippen LogP contribution in [0.4, 0.5) is 21.3 Å². The maximum Gasteiger partial charge on any atom is 0.414 e. The first-order valence-corrected chi connectivity index (χ1v) is 18.6. The van der Waals surface area contributed by atoms with E-state index in [0.717, 1.165) is 37.8 Å². The molecule has 4 aromatic rings. The summed E-state index contributed by atoms with van der Waals surface area (Å²) in [7, 11) is 0. The second-order valence-electron chi connectivity index (χ2n) is 13.1. The third-order valence-corrected chi connectivity index (χ3v) is 10.2. The molecule has 2 saturated heterocycles. The second kappa shape index (κ2) is 16.1. The first-order valence-electron chi connectivity index (χ1n) is 17.8. The minimum absolute atomic E-state index is 0.0494. The molecule has 3 aliphatic heterocycles. The van der Waals surface area contributed by atoms with Gasteiger partial charge in [0.1, 0.15) is 25.0 Å². The van der Waals surface area contributed by atoms with Crippen molar-refractivity contribution in [3.63, 3.8) is 0 Å². The lowest BCUT2D eigenvalue weighted by Crippen LogP contribution is -2.54. The van der Waals surface area contributed by atoms with Crippen LogP contribution in [0.2, 0.25) is 0 Å². The van der Waals surface area contributed by atoms with E-state index in [1.165, 1.54) is 11.3 Å². The molecule has 7 rings (SSSR count). The van der Waals surface area contributed by atoms with Gasteiger partial charge >= 0.3 is 6.09 Å². The summed E-state index contributed by atoms with van der Waals surface area (Å²) in [4.78, 5) is 83.4. The van der Waals surface area contributed by atoms with Crippen LogP contribution in [0.3, 0.4) is 0 Å². The SMILES string of the molecule is Cc1cc(-c2nc(NC(=O)Cc3cccc(OCCOCCNc4cccc5c4C(=O)N(C4CCC(=O)NC4=O)C5=O)c3)sc2C)ccc1N1CCOC1=O. The standard InChI is InChI=1S/C39H38N6O9S/c1-22-19-25(9-10-29(22)44-14-16-54-39(44)51)34-23(2)55-38(43-34)42-32(47)21-24-5-3-6-26(20-24)53-18-17-52-15-13-40-28-8-4-7-27-33(28)37(50)45(36(27)49)30-11-12-31(46)41-35(30)48/h3-10,19-20,30,40H,11-18,21H2,1-2H3,(H,41,46,48)(H,42,43,47). The third-order valence-electron chi connectivity index (χ3n) is 9.35. The highest BCUT2D eigenvalue weighted by molar-refractivity contribution is 7.16. The molecule has 4 heterocycles. The molecular weight excluding hydrogens is 729 g/mol. The Morgan fingerprint density at radius 2 is 1.84 bits per heavy atom. The fourth-order valence-corrected chi connectivity index (χ4v) is 7.62. The number of carbonyl (C=O) groups excluding carboxylic acids is 6. The summed E-state index contributed by atoms with van der Waals surface area (Å²) in [6.45, 7) is 5.93. The molecule has 0 aliphatic carbocycles. The molecule has 3 N–H and O–H groups in total. The van der Waals surface area contributed by atoms with Crippen LogP contribution < -0.4 is 25.6 Å². The topological polar surface area (TPSA) is 186 Å². The average Bonchev–Trinajstić information content (AvgIpc) is 3.82. The molecule has 1 aromatic heterocycles. The van der Waals surface area contributed by atoms with Gasteiger partial charge < -0.3 is 24.8 Å². The lowest BCUT2D eigenvalue weighted by Gasteiger charge is -2.27. The number of hydrogen-bond acceptors (Lipinski definition) is 12. The van der Waals surface area contributed by atoms with E-state index in [4.69, 9.17) is 14.2 Å². The van der Waals surface area contributed by atoms with Crippen LogP contribution in [0, 0.1) is 13.8 Å². The highest BCUT2D eigenvalue weighted by atomic mass is 32.1. The van der Waals surface area contributed by atoms with Gasteiger partial charge in [-0.3, -0.25) is 39.1 Å². The highest BCUT2D eigenvalue weighted by Crippen LogP contribution is 2.35. The molecule has 1 atom stereocenters. The molecule has 0 saturated carbocycles. The second-order valence-corrected chi connectivity index (χ2v) is 14.3. The van der Waals surface area contributed by atoms with Crippen molar-refractivity contribution in [3.8, 4) is 17.0 Å². The van der Waals surface area contributed by atoms with E-state index in [2.05, 4.69) is 20.9 Å². The number of fused-ring (bicyclic) bond motifs is 1. The number of aromatic nitrogens is 1. The van der Waals surface area contributed by atoms with Crippen molar-refractivity contribution in [3.05, 3.63) is 87.8 Å². The quantitative estimate of drug-likeness (QED) is 0.122. The van der Waals surface area contributed by atoms with Gasteiger partial charge in [0.15, 0.2) is 5.13 Å². The zero-order valence-corrected chi connectivity index (χ0v) is 31.0. The summed E-state index contributed by atoms with van der Waals surface area (Å²) in [5, 5.41) is 8.74. The van der Waals surface area contributed by atoms with Gasteiger partial charge in [-0.15, -0.1) is 11.3 Å². The summed E-state index contributed by atoms with van der Waals surface area (Å²) < 4.78 is 16.6. The van der Waals surface area contributed by atoms with E-state index in [9.17, 15) is 28.8 Å². The number of amides is 6. The molecule has 16 heteroatoms. The van der Waals surface area contributed by atoms with Crippen LogP contribution in [0.25, 0.3) is 11.3 Å². The predicted molar refractivity (Wildman–Crippen MR) is 202 cm³/mol. The number of benzene rings is 3. The van der Waals surface area contributed by atoms with Crippen molar-refractivity contribution in [2.24, 2.45) is 0 Å². The van der Waals surface area contributed by atoms with Gasteiger partial charge in [0.25, 0.3) is 11.8 Å². The number of thiazole rings is 1. The summed E-state index contributed by atoms with van der Waals surface area (Å²) in [5.74, 6) is -1.86. The monoisotopic (exact) mass is 766 g/mol. The van der Waals surface area contributed by atoms with Crippen molar-refractivity contribution in [1.82, 2.24) is 15.2 Å². The van der Waals surface area contributed by atoms with E-state index < -0.39 is 29.7 Å². The largest absolute Gasteiger partial charge is 0.491 e. The Morgan fingerprint density at radius 3 is 2.62 bits per heavy atom. The zero-order chi connectivity index (χ0) is 38.6. The van der Waals surface area contributed by atoms with Crippen LogP contribution >= 0.6 is 11.3 Å². The fourth-order valence-electron chi connectivity index (χ4n) is 6.77. The Hall–Kier alpha value is -6.13. The Bertz CT molecular complexity index is 2200. The Morgan fingerprint density at radius 1 is 1.00 bits per heavy atom. The molecule has 15 nitrogen and oxygen atoms in total. The predicted octanol–water partition coefficient (Wildman–Crippen LogP) is 4.47. The number of hydrogen-bond donors (Lipinski definition) is 3. The summed E-state index contributed by atoms with van der Waals surface area (Å²) in [5.41, 5.74) is 4.98. The number of imide groups is 2. The molecule has 3 aliphatic rings. The Labute approximate surface area is 319 Å². The molecule has 0 bridgehead atoms. The van der Waals surface area contributed by atoms with Crippen LogP contribution in [-0.4, -0.2) is 91.1 Å². The van der Waals surface area contributed by atoms with E-state index in [1.807, 2.05) is 44.2 Å². The summed E-state index contributed by atoms with van der Waals surface area (Å²) in [6, 6.07) is 16.9. The van der Waals surface area contributed by atoms with Crippen molar-refractivity contribution in [1.29, 1.82) is 0 Å². The number of cyclic esters (lactones) is 1. The number of ether oxygens (including phenoxy) is 3. The van der Waals surface area contributed by atoms with Crippen LogP contribution in [0.1, 0.15) is 49.6 Å². The van der Waals surface area contributed by atoms with E-state index in [-0.39, 0.29) is 62.2 Å². The van der Waals surface area contributed by atoms with Gasteiger partial charge in [-0.05, 0) is 67.8 Å². The normalized spacial score (nSPS) is 16.6. The average molecular weight is 767 g/mol. The molecule has 3 aromatic carbocycles. The highest BCUT2D eigenvalue weighted by Gasteiger charge is 2.45. The van der Waals surface area contributed by atoms with Gasteiger partial charge in [0.05, 0.1) is 48.7 Å². The van der Waals surface area contributed by atoms with Gasteiger partial charge in [-0.25, -0.2) is 9.78 Å². The van der Waals surface area contributed by atoms with Crippen molar-refractivity contribution >= 4 is 63.5 Å². The fraction of sp³-hybridized carbons (Fsp3) is 0.308. The minimum Gasteiger partial charge on any atom is -0.491 e. The van der Waals surface area contributed by atoms with Crippen LogP contribution in [0.15, 0.2) is 60.7 Å². The van der Waals surface area contributed by atoms with E-state index in [1.54, 1.807) is 35.2 Å². The van der Waals surface area contributed by atoms with Crippen LogP contribution in [-0.2, 0) is 30.3 Å². The molecule has 6 amide bonds. The summed E-state index contributed by atoms with van der Waals surface area (Å²) >= 11 is 1.39. The number of carbonyl (C=O) groups is 6. The first kappa shape index (κ1) is 37.2. The third kappa shape index (κ3) is 8.05. The lowest BCUT2D eigenvalue weighted by atomic mass is 10.0. The van der Waals surface area contributed by atoms with Crippen molar-refractivity contribution in [2.45, 2.75) is 39.2 Å². The van der Waals surface area contributed by atoms with Gasteiger partial charge in [0.2, 0.25) is 17.7 Å². The zero-order valence-electron chi connectivity index (χ0n) is 30.1. The lowest BCUT2D eigenvalue weighted by molar-refractivity contribution is -0.136. The maximum atomic E-state index is 13.3. The van der Waals surface area contributed by atoms with Crippen molar-refractivity contribution < 1.29 is 43.0 Å². The van der Waals surface area contributed by atoms with Crippen LogP contribution in [0.5, 0.6) is 5.75 Å². The number of nitrogens with zero attached hydrogens (tertiary/aromatic N) is 3. The maximum absolute atomic E-state index is 13.3. The van der Waals surface area contributed by atoms with Gasteiger partial charge in [-0.1, -0.05) is 24.3 Å². The number of piperidine rings is 1. The smallest absolute Gasteiger partial charge is 0.414 e. The molecule has 284 valence electrons. The summed E-state index contributed by atoms with van der Waals surface area (Å²) in [6.07, 6.45) is -0.0954. The minimum atomic E-state index is -1.03. The first-order chi connectivity index (χ1) is 26.6. The molecule has 2 fully saturated rings.